The zero-order chi connectivity index (χ0) is 22.2. The smallest absolute Gasteiger partial charge is 0.412 e. The Morgan fingerprint density at radius 1 is 1.00 bits per heavy atom. The van der Waals surface area contributed by atoms with Crippen LogP contribution in [0, 0.1) is 0 Å². The molecule has 0 aliphatic heterocycles. The van der Waals surface area contributed by atoms with Crippen LogP contribution in [-0.4, -0.2) is 49.2 Å². The Hall–Kier alpha value is -2.16. The Balaban J connectivity index is 0.000000516. The fourth-order valence-corrected chi connectivity index (χ4v) is 3.41. The Labute approximate surface area is 173 Å². The Morgan fingerprint density at radius 2 is 1.52 bits per heavy atom. The highest BCUT2D eigenvalue weighted by Crippen LogP contribution is 2.29. The van der Waals surface area contributed by atoms with E-state index in [9.17, 15) is 17.8 Å². The van der Waals surface area contributed by atoms with Gasteiger partial charge in [-0.3, -0.25) is 9.87 Å². The van der Waals surface area contributed by atoms with Crippen LogP contribution in [0.3, 0.4) is 0 Å². The number of benzene rings is 2. The van der Waals surface area contributed by atoms with Crippen LogP contribution in [0.5, 0.6) is 0 Å². The first kappa shape index (κ1) is 24.9. The zero-order valence-corrected chi connectivity index (χ0v) is 18.8. The molecule has 0 bridgehead atoms. The van der Waals surface area contributed by atoms with Gasteiger partial charge in [-0.05, 0) is 52.5 Å². The van der Waals surface area contributed by atoms with Crippen molar-refractivity contribution in [1.82, 2.24) is 4.90 Å². The van der Waals surface area contributed by atoms with Crippen LogP contribution in [-0.2, 0) is 14.9 Å². The molecule has 0 heterocycles. The van der Waals surface area contributed by atoms with Gasteiger partial charge in [0.2, 0.25) is 0 Å². The van der Waals surface area contributed by atoms with Crippen molar-refractivity contribution in [2.75, 3.05) is 25.0 Å². The number of amides is 1. The van der Waals surface area contributed by atoms with Crippen molar-refractivity contribution in [1.29, 1.82) is 0 Å². The van der Waals surface area contributed by atoms with Crippen LogP contribution in [0.25, 0.3) is 10.8 Å². The molecule has 162 valence electrons. The van der Waals surface area contributed by atoms with Crippen molar-refractivity contribution in [3.05, 3.63) is 36.4 Å². The number of fused-ring (bicyclic) bond motifs is 1. The summed E-state index contributed by atoms with van der Waals surface area (Å²) in [4.78, 5) is 14.0. The summed E-state index contributed by atoms with van der Waals surface area (Å²) in [5, 5.41) is 3.39. The first-order valence-electron chi connectivity index (χ1n) is 9.64. The number of anilines is 1. The molecule has 0 aromatic heterocycles. The lowest BCUT2D eigenvalue weighted by atomic mass is 10.1. The van der Waals surface area contributed by atoms with Crippen molar-refractivity contribution in [2.24, 2.45) is 0 Å². The van der Waals surface area contributed by atoms with E-state index in [1.54, 1.807) is 45.0 Å². The van der Waals surface area contributed by atoms with Gasteiger partial charge in [-0.15, -0.1) is 0 Å². The van der Waals surface area contributed by atoms with Gasteiger partial charge in [-0.1, -0.05) is 45.0 Å². The Bertz CT molecular complexity index is 911. The molecule has 0 aliphatic rings. The molecule has 0 saturated carbocycles. The predicted octanol–water partition coefficient (Wildman–Crippen LogP) is 4.78. The molecule has 2 aromatic rings. The largest absolute Gasteiger partial charge is 0.444 e. The van der Waals surface area contributed by atoms with Crippen LogP contribution >= 0.6 is 0 Å². The van der Waals surface area contributed by atoms with Gasteiger partial charge in [0.25, 0.3) is 10.1 Å². The number of carbonyl (C=O) groups is 1. The van der Waals surface area contributed by atoms with Crippen molar-refractivity contribution in [2.45, 2.75) is 52.0 Å². The topological polar surface area (TPSA) is 95.9 Å². The Kier molecular flexibility index (Phi) is 9.07. The minimum atomic E-state index is -4.35. The monoisotopic (exact) mass is 424 g/mol. The molecule has 1 amide bonds. The third-order valence-corrected chi connectivity index (χ3v) is 5.05. The lowest BCUT2D eigenvalue weighted by Gasteiger charge is -2.20. The maximum Gasteiger partial charge on any atom is 0.412 e. The highest BCUT2D eigenvalue weighted by atomic mass is 32.2. The zero-order valence-electron chi connectivity index (χ0n) is 18.0. The quantitative estimate of drug-likeness (QED) is 0.671. The minimum Gasteiger partial charge on any atom is -0.444 e. The molecule has 0 unspecified atom stereocenters. The molecule has 7 nitrogen and oxygen atoms in total. The molecule has 0 fully saturated rings. The van der Waals surface area contributed by atoms with Crippen LogP contribution in [0.1, 0.15) is 41.5 Å². The van der Waals surface area contributed by atoms with Crippen molar-refractivity contribution >= 4 is 32.7 Å². The highest BCUT2D eigenvalue weighted by Gasteiger charge is 2.18. The molecule has 0 atom stereocenters. The van der Waals surface area contributed by atoms with E-state index < -0.39 is 21.8 Å². The van der Waals surface area contributed by atoms with Gasteiger partial charge in [-0.2, -0.15) is 8.42 Å². The first-order chi connectivity index (χ1) is 13.4. The summed E-state index contributed by atoms with van der Waals surface area (Å²) in [5.74, 6) is 0. The molecule has 0 saturated heterocycles. The lowest BCUT2D eigenvalue weighted by Crippen LogP contribution is -2.27. The lowest BCUT2D eigenvalue weighted by molar-refractivity contribution is 0.0636. The molecular weight excluding hydrogens is 392 g/mol. The highest BCUT2D eigenvalue weighted by molar-refractivity contribution is 7.86. The van der Waals surface area contributed by atoms with E-state index in [2.05, 4.69) is 31.0 Å². The standard InChI is InChI=1S/C15H17NO5S.C6H15N/c1-15(2,3)21-14(17)16-12-8-4-7-11-10(12)6-5-9-13(11)22(18,19)20;1-4-7(5-2)6-3/h4-9H,1-3H3,(H,16,17)(H,18,19,20);4-6H2,1-3H3. The van der Waals surface area contributed by atoms with Gasteiger partial charge in [0.05, 0.1) is 5.69 Å². The predicted molar refractivity (Wildman–Crippen MR) is 117 cm³/mol. The maximum atomic E-state index is 11.9. The second kappa shape index (κ2) is 10.6. The summed E-state index contributed by atoms with van der Waals surface area (Å²) in [6, 6.07) is 9.21. The summed E-state index contributed by atoms with van der Waals surface area (Å²) >= 11 is 0. The second-order valence-corrected chi connectivity index (χ2v) is 8.77. The van der Waals surface area contributed by atoms with Gasteiger partial charge in [0.15, 0.2) is 0 Å². The summed E-state index contributed by atoms with van der Waals surface area (Å²) in [6.07, 6.45) is -0.641. The number of nitrogens with zero attached hydrogens (tertiary/aromatic N) is 1. The second-order valence-electron chi connectivity index (χ2n) is 7.38. The van der Waals surface area contributed by atoms with Gasteiger partial charge in [-0.25, -0.2) is 4.79 Å². The van der Waals surface area contributed by atoms with E-state index in [0.717, 1.165) is 0 Å². The number of nitrogens with one attached hydrogen (secondary N) is 1. The van der Waals surface area contributed by atoms with Crippen molar-refractivity contribution < 1.29 is 22.5 Å². The summed E-state index contributed by atoms with van der Waals surface area (Å²) in [6.45, 7) is 15.4. The fourth-order valence-electron chi connectivity index (χ4n) is 2.70. The number of hydrogen-bond acceptors (Lipinski definition) is 5. The number of ether oxygens (including phenoxy) is 1. The first-order valence-corrected chi connectivity index (χ1v) is 11.1. The number of hydrogen-bond donors (Lipinski definition) is 2. The average Bonchev–Trinajstić information content (AvgIpc) is 2.61. The molecule has 2 aromatic carbocycles. The van der Waals surface area contributed by atoms with Crippen molar-refractivity contribution in [3.63, 3.8) is 0 Å². The van der Waals surface area contributed by atoms with E-state index >= 15 is 0 Å². The summed E-state index contributed by atoms with van der Waals surface area (Å²) < 4.78 is 37.3. The fraction of sp³-hybridized carbons (Fsp3) is 0.476. The van der Waals surface area contributed by atoms with E-state index in [-0.39, 0.29) is 4.90 Å². The minimum absolute atomic E-state index is 0.210. The third-order valence-electron chi connectivity index (χ3n) is 4.14. The SMILES string of the molecule is CC(C)(C)OC(=O)Nc1cccc2c(S(=O)(=O)O)cccc12.CCN(CC)CC. The van der Waals surface area contributed by atoms with Gasteiger partial charge in [0, 0.05) is 10.8 Å². The average molecular weight is 425 g/mol. The summed E-state index contributed by atoms with van der Waals surface area (Å²) in [5.41, 5.74) is -0.244. The molecule has 2 N–H and O–H groups in total. The molecule has 8 heteroatoms. The molecule has 29 heavy (non-hydrogen) atoms. The van der Waals surface area contributed by atoms with Gasteiger partial charge in [0.1, 0.15) is 10.5 Å². The molecule has 2 rings (SSSR count). The van der Waals surface area contributed by atoms with Crippen LogP contribution in [0.15, 0.2) is 41.3 Å². The van der Waals surface area contributed by atoms with E-state index in [1.165, 1.54) is 31.8 Å². The third kappa shape index (κ3) is 8.00. The molecule has 0 spiro atoms. The molecular formula is C21H32N2O5S. The summed E-state index contributed by atoms with van der Waals surface area (Å²) in [7, 11) is -4.35. The van der Waals surface area contributed by atoms with E-state index in [4.69, 9.17) is 4.74 Å². The van der Waals surface area contributed by atoms with Crippen LogP contribution < -0.4 is 5.32 Å². The molecule has 0 radical (unpaired) electrons. The Morgan fingerprint density at radius 3 is 1.97 bits per heavy atom. The van der Waals surface area contributed by atoms with Gasteiger partial charge >= 0.3 is 6.09 Å². The van der Waals surface area contributed by atoms with Crippen LogP contribution in [0.2, 0.25) is 0 Å². The van der Waals surface area contributed by atoms with E-state index in [0.29, 0.717) is 16.5 Å². The van der Waals surface area contributed by atoms with Gasteiger partial charge < -0.3 is 9.64 Å². The maximum absolute atomic E-state index is 11.9. The normalized spacial score (nSPS) is 11.7. The van der Waals surface area contributed by atoms with Crippen LogP contribution in [0.4, 0.5) is 10.5 Å². The van der Waals surface area contributed by atoms with Crippen molar-refractivity contribution in [3.8, 4) is 0 Å². The number of carbonyl (C=O) groups excluding carboxylic acids is 1. The van der Waals surface area contributed by atoms with E-state index in [1.807, 2.05) is 0 Å². The number of rotatable bonds is 5. The molecule has 0 aliphatic carbocycles.